The second-order valence-corrected chi connectivity index (χ2v) is 5.94. The first kappa shape index (κ1) is 15.1. The summed E-state index contributed by atoms with van der Waals surface area (Å²) in [6.45, 7) is 0.371. The second-order valence-electron chi connectivity index (χ2n) is 4.35. The fourth-order valence-corrected chi connectivity index (χ4v) is 3.15. The van der Waals surface area contributed by atoms with Crippen molar-refractivity contribution in [3.05, 3.63) is 44.9 Å². The Labute approximate surface area is 140 Å². The van der Waals surface area contributed by atoms with Crippen molar-refractivity contribution in [3.63, 3.8) is 0 Å². The van der Waals surface area contributed by atoms with Gasteiger partial charge < -0.3 is 14.6 Å². The van der Waals surface area contributed by atoms with Gasteiger partial charge >= 0.3 is 0 Å². The Bertz CT molecular complexity index is 751. The highest BCUT2D eigenvalue weighted by atomic mass is 35.5. The maximum Gasteiger partial charge on any atom is 0.246 e. The number of nitrogens with one attached hydrogen (secondary N) is 1. The molecule has 114 valence electrons. The van der Waals surface area contributed by atoms with Crippen molar-refractivity contribution in [2.24, 2.45) is 0 Å². The lowest BCUT2D eigenvalue weighted by Gasteiger charge is -2.09. The Morgan fingerprint density at radius 2 is 2.09 bits per heavy atom. The first-order valence-corrected chi connectivity index (χ1v) is 7.99. The maximum absolute atomic E-state index is 6.09. The van der Waals surface area contributed by atoms with E-state index in [2.05, 4.69) is 15.5 Å². The van der Waals surface area contributed by atoms with Gasteiger partial charge in [0, 0.05) is 16.6 Å². The molecule has 0 spiro atoms. The van der Waals surface area contributed by atoms with Crippen LogP contribution in [0, 0.1) is 0 Å². The topological polar surface area (TPSA) is 60.2 Å². The summed E-state index contributed by atoms with van der Waals surface area (Å²) in [5.74, 6) is 1.50. The van der Waals surface area contributed by atoms with Gasteiger partial charge in [0.2, 0.25) is 11.7 Å². The molecule has 3 aromatic rings. The summed E-state index contributed by atoms with van der Waals surface area (Å²) in [4.78, 5) is 4.32. The number of anilines is 1. The van der Waals surface area contributed by atoms with E-state index >= 15 is 0 Å². The lowest BCUT2D eigenvalue weighted by molar-refractivity contribution is 0.384. The molecule has 0 saturated carbocycles. The summed E-state index contributed by atoms with van der Waals surface area (Å²) in [7, 11) is 1.52. The van der Waals surface area contributed by atoms with Crippen molar-refractivity contribution in [2.45, 2.75) is 6.54 Å². The number of nitrogens with zero attached hydrogens (tertiary/aromatic N) is 2. The fraction of sp³-hybridized carbons (Fsp3) is 0.143. The molecule has 5 nitrogen and oxygen atoms in total. The number of methoxy groups -OCH3 is 1. The van der Waals surface area contributed by atoms with Crippen LogP contribution in [0.2, 0.25) is 10.0 Å². The van der Waals surface area contributed by atoms with Gasteiger partial charge in [-0.1, -0.05) is 28.4 Å². The van der Waals surface area contributed by atoms with Crippen LogP contribution in [0.25, 0.3) is 11.4 Å². The molecule has 0 unspecified atom stereocenters. The number of hydrogen-bond acceptors (Lipinski definition) is 6. The molecule has 0 aliphatic carbocycles. The summed E-state index contributed by atoms with van der Waals surface area (Å²) >= 11 is 13.8. The molecule has 1 aromatic carbocycles. The second kappa shape index (κ2) is 6.56. The molecule has 0 bridgehead atoms. The summed E-state index contributed by atoms with van der Waals surface area (Å²) in [5, 5.41) is 11.9. The van der Waals surface area contributed by atoms with Gasteiger partial charge in [0.25, 0.3) is 0 Å². The Morgan fingerprint density at radius 1 is 1.32 bits per heavy atom. The molecule has 0 aliphatic rings. The zero-order valence-electron chi connectivity index (χ0n) is 11.5. The molecule has 1 N–H and O–H groups in total. The first-order chi connectivity index (χ1) is 10.7. The number of halogens is 2. The molecule has 0 radical (unpaired) electrons. The summed E-state index contributed by atoms with van der Waals surface area (Å²) in [5.41, 5.74) is 1.68. The van der Waals surface area contributed by atoms with Gasteiger partial charge in [-0.2, -0.15) is 16.3 Å². The van der Waals surface area contributed by atoms with E-state index in [1.807, 2.05) is 16.8 Å². The maximum atomic E-state index is 6.09. The molecule has 3 rings (SSSR count). The molecule has 8 heteroatoms. The highest BCUT2D eigenvalue weighted by Gasteiger charge is 2.11. The van der Waals surface area contributed by atoms with Crippen molar-refractivity contribution >= 4 is 40.2 Å². The highest BCUT2D eigenvalue weighted by Crippen LogP contribution is 2.35. The number of thiophene rings is 1. The van der Waals surface area contributed by atoms with E-state index < -0.39 is 0 Å². The van der Waals surface area contributed by atoms with E-state index in [1.165, 1.54) is 7.11 Å². The van der Waals surface area contributed by atoms with Gasteiger partial charge in [0.15, 0.2) is 5.75 Å². The monoisotopic (exact) mass is 355 g/mol. The molecule has 2 aromatic heterocycles. The molecule has 22 heavy (non-hydrogen) atoms. The minimum atomic E-state index is 0.371. The average Bonchev–Trinajstić information content (AvgIpc) is 3.16. The van der Waals surface area contributed by atoms with Crippen LogP contribution in [0.15, 0.2) is 33.5 Å². The van der Waals surface area contributed by atoms with Crippen molar-refractivity contribution in [3.8, 4) is 17.1 Å². The summed E-state index contributed by atoms with van der Waals surface area (Å²) in [6.07, 6.45) is 0. The van der Waals surface area contributed by atoms with Crippen LogP contribution in [0.5, 0.6) is 5.75 Å². The van der Waals surface area contributed by atoms with Crippen molar-refractivity contribution < 1.29 is 9.26 Å². The SMILES string of the molecule is COc1c(Cl)cc(NCc2nc(-c3ccsc3)no2)cc1Cl. The van der Waals surface area contributed by atoms with Crippen LogP contribution in [-0.4, -0.2) is 17.3 Å². The predicted octanol–water partition coefficient (Wildman–Crippen LogP) is 4.73. The quantitative estimate of drug-likeness (QED) is 0.716. The normalized spacial score (nSPS) is 10.7. The summed E-state index contributed by atoms with van der Waals surface area (Å²) < 4.78 is 10.3. The van der Waals surface area contributed by atoms with Crippen LogP contribution in [0.4, 0.5) is 5.69 Å². The Balaban J connectivity index is 1.70. The summed E-state index contributed by atoms with van der Waals surface area (Å²) in [6, 6.07) is 5.39. The largest absolute Gasteiger partial charge is 0.494 e. The Kier molecular flexibility index (Phi) is 4.52. The van der Waals surface area contributed by atoms with Gasteiger partial charge in [-0.15, -0.1) is 0 Å². The Morgan fingerprint density at radius 3 is 2.73 bits per heavy atom. The lowest BCUT2D eigenvalue weighted by Crippen LogP contribution is -2.00. The van der Waals surface area contributed by atoms with Gasteiger partial charge in [0.1, 0.15) is 0 Å². The molecule has 0 atom stereocenters. The fourth-order valence-electron chi connectivity index (χ4n) is 1.87. The third kappa shape index (κ3) is 3.19. The molecule has 0 aliphatic heterocycles. The van der Waals surface area contributed by atoms with Gasteiger partial charge in [-0.25, -0.2) is 0 Å². The van der Waals surface area contributed by atoms with Crippen LogP contribution >= 0.6 is 34.5 Å². The van der Waals surface area contributed by atoms with Crippen molar-refractivity contribution in [1.82, 2.24) is 10.1 Å². The van der Waals surface area contributed by atoms with Crippen LogP contribution < -0.4 is 10.1 Å². The minimum absolute atomic E-state index is 0.371. The van der Waals surface area contributed by atoms with E-state index in [-0.39, 0.29) is 0 Å². The Hall–Kier alpha value is -1.76. The standard InChI is InChI=1S/C14H11Cl2N3O2S/c1-20-13-10(15)4-9(5-11(13)16)17-6-12-18-14(19-21-12)8-2-3-22-7-8/h2-5,7,17H,6H2,1H3. The van der Waals surface area contributed by atoms with E-state index in [0.29, 0.717) is 34.1 Å². The number of aromatic nitrogens is 2. The van der Waals surface area contributed by atoms with Crippen molar-refractivity contribution in [2.75, 3.05) is 12.4 Å². The molecule has 0 fully saturated rings. The molecular formula is C14H11Cl2N3O2S. The van der Waals surface area contributed by atoms with Gasteiger partial charge in [0.05, 0.1) is 23.7 Å². The molecular weight excluding hydrogens is 345 g/mol. The molecule has 0 amide bonds. The van der Waals surface area contributed by atoms with E-state index in [0.717, 1.165) is 11.3 Å². The van der Waals surface area contributed by atoms with Crippen LogP contribution in [-0.2, 0) is 6.54 Å². The first-order valence-electron chi connectivity index (χ1n) is 6.29. The van der Waals surface area contributed by atoms with E-state index in [9.17, 15) is 0 Å². The average molecular weight is 356 g/mol. The third-order valence-corrected chi connectivity index (χ3v) is 4.14. The molecule has 0 saturated heterocycles. The van der Waals surface area contributed by atoms with Gasteiger partial charge in [-0.05, 0) is 23.6 Å². The number of benzene rings is 1. The smallest absolute Gasteiger partial charge is 0.246 e. The predicted molar refractivity (Wildman–Crippen MR) is 88.0 cm³/mol. The zero-order valence-corrected chi connectivity index (χ0v) is 13.8. The zero-order chi connectivity index (χ0) is 15.5. The van der Waals surface area contributed by atoms with Crippen molar-refractivity contribution in [1.29, 1.82) is 0 Å². The lowest BCUT2D eigenvalue weighted by atomic mass is 10.3. The molecule has 2 heterocycles. The number of rotatable bonds is 5. The van der Waals surface area contributed by atoms with Crippen LogP contribution in [0.3, 0.4) is 0 Å². The van der Waals surface area contributed by atoms with E-state index in [1.54, 1.807) is 23.5 Å². The number of hydrogen-bond donors (Lipinski definition) is 1. The minimum Gasteiger partial charge on any atom is -0.494 e. The highest BCUT2D eigenvalue weighted by molar-refractivity contribution is 7.08. The van der Waals surface area contributed by atoms with Crippen LogP contribution in [0.1, 0.15) is 5.89 Å². The third-order valence-electron chi connectivity index (χ3n) is 2.89. The van der Waals surface area contributed by atoms with E-state index in [4.69, 9.17) is 32.5 Å². The van der Waals surface area contributed by atoms with Gasteiger partial charge in [-0.3, -0.25) is 0 Å². The number of ether oxygens (including phenoxy) is 1.